The van der Waals surface area contributed by atoms with E-state index in [0.29, 0.717) is 36.8 Å². The molecule has 8 nitrogen and oxygen atoms in total. The minimum absolute atomic E-state index is 0.115. The van der Waals surface area contributed by atoms with Crippen molar-refractivity contribution >= 4 is 12.0 Å². The molecule has 1 N–H and O–H groups in total. The molecular formula is C24H27F3N4O4. The van der Waals surface area contributed by atoms with Gasteiger partial charge in [-0.3, -0.25) is 9.69 Å². The Hall–Kier alpha value is -3.50. The fraction of sp³-hybridized carbons (Fsp3) is 0.458. The number of carbonyl (C=O) groups excluding carboxylic acids is 2. The number of phenolic OH excluding ortho intramolecular Hbond substituents is 1. The molecule has 2 amide bonds. The van der Waals surface area contributed by atoms with Gasteiger partial charge >= 0.3 is 12.3 Å². The molecule has 35 heavy (non-hydrogen) atoms. The lowest BCUT2D eigenvalue weighted by molar-refractivity contribution is -0.137. The largest absolute Gasteiger partial charge is 0.506 e. The summed E-state index contributed by atoms with van der Waals surface area (Å²) in [6.07, 6.45) is -3.20. The number of aromatic hydroxyl groups is 1. The van der Waals surface area contributed by atoms with E-state index in [2.05, 4.69) is 11.7 Å². The number of rotatable bonds is 2. The first-order chi connectivity index (χ1) is 16.3. The summed E-state index contributed by atoms with van der Waals surface area (Å²) in [4.78, 5) is 28.6. The Bertz CT molecular complexity index is 1180. The van der Waals surface area contributed by atoms with Gasteiger partial charge in [0.2, 0.25) is 5.91 Å². The summed E-state index contributed by atoms with van der Waals surface area (Å²) in [6, 6.07) is 2.18. The zero-order valence-corrected chi connectivity index (χ0v) is 19.7. The van der Waals surface area contributed by atoms with Gasteiger partial charge in [-0.05, 0) is 45.0 Å². The highest BCUT2D eigenvalue weighted by Crippen LogP contribution is 2.40. The molecule has 2 aromatic rings. The van der Waals surface area contributed by atoms with E-state index in [1.807, 2.05) is 0 Å². The summed E-state index contributed by atoms with van der Waals surface area (Å²) in [5.41, 5.74) is 0.432. The number of amides is 2. The molecule has 4 rings (SSSR count). The first-order valence-corrected chi connectivity index (χ1v) is 11.2. The van der Waals surface area contributed by atoms with Crippen LogP contribution in [0.2, 0.25) is 0 Å². The predicted molar refractivity (Wildman–Crippen MR) is 120 cm³/mol. The molecule has 3 heterocycles. The van der Waals surface area contributed by atoms with Gasteiger partial charge < -0.3 is 14.7 Å². The lowest BCUT2D eigenvalue weighted by atomic mass is 9.96. The number of alkyl halides is 3. The van der Waals surface area contributed by atoms with Gasteiger partial charge in [0.05, 0.1) is 23.0 Å². The molecule has 0 aliphatic carbocycles. The minimum Gasteiger partial charge on any atom is -0.506 e. The van der Waals surface area contributed by atoms with Crippen LogP contribution in [0.3, 0.4) is 0 Å². The molecule has 0 saturated carbocycles. The zero-order valence-electron chi connectivity index (χ0n) is 19.7. The van der Waals surface area contributed by atoms with Crippen molar-refractivity contribution in [3.63, 3.8) is 0 Å². The van der Waals surface area contributed by atoms with Crippen LogP contribution < -0.4 is 0 Å². The Morgan fingerprint density at radius 2 is 1.91 bits per heavy atom. The van der Waals surface area contributed by atoms with E-state index in [0.717, 1.165) is 11.6 Å². The third-order valence-electron chi connectivity index (χ3n) is 6.05. The molecular weight excluding hydrogens is 465 g/mol. The van der Waals surface area contributed by atoms with Crippen molar-refractivity contribution in [1.82, 2.24) is 19.6 Å². The van der Waals surface area contributed by atoms with Gasteiger partial charge in [-0.1, -0.05) is 6.58 Å². The first-order valence-electron chi connectivity index (χ1n) is 11.2. The normalized spacial score (nSPS) is 18.1. The van der Waals surface area contributed by atoms with E-state index >= 15 is 0 Å². The molecule has 0 radical (unpaired) electrons. The van der Waals surface area contributed by atoms with Gasteiger partial charge in [-0.15, -0.1) is 0 Å². The Balaban J connectivity index is 1.79. The SMILES string of the molecule is C=CC(=O)N1CCc2nn(-c3ccc(C(F)(F)F)cc3O)c3c2C(C1)N(C(=O)OC(C)(C)C)CC3. The number of ether oxygens (including phenoxy) is 1. The highest BCUT2D eigenvalue weighted by Gasteiger charge is 2.41. The number of hydrogen-bond acceptors (Lipinski definition) is 5. The van der Waals surface area contributed by atoms with E-state index in [1.54, 1.807) is 30.6 Å². The molecule has 2 aliphatic heterocycles. The number of nitrogens with zero attached hydrogens (tertiary/aromatic N) is 4. The fourth-order valence-corrected chi connectivity index (χ4v) is 4.54. The van der Waals surface area contributed by atoms with E-state index in [4.69, 9.17) is 4.74 Å². The number of carbonyl (C=O) groups is 2. The number of halogens is 3. The summed E-state index contributed by atoms with van der Waals surface area (Å²) in [7, 11) is 0. The predicted octanol–water partition coefficient (Wildman–Crippen LogP) is 4.00. The minimum atomic E-state index is -4.59. The average molecular weight is 492 g/mol. The van der Waals surface area contributed by atoms with Crippen molar-refractivity contribution in [2.45, 2.75) is 51.4 Å². The number of aromatic nitrogens is 2. The molecule has 2 aliphatic rings. The molecule has 0 spiro atoms. The quantitative estimate of drug-likeness (QED) is 0.641. The summed E-state index contributed by atoms with van der Waals surface area (Å²) >= 11 is 0. The maximum Gasteiger partial charge on any atom is 0.416 e. The van der Waals surface area contributed by atoms with Gasteiger partial charge in [-0.2, -0.15) is 18.3 Å². The summed E-state index contributed by atoms with van der Waals surface area (Å²) in [5.74, 6) is -0.831. The van der Waals surface area contributed by atoms with E-state index in [-0.39, 0.29) is 24.7 Å². The van der Waals surface area contributed by atoms with Gasteiger partial charge in [0.1, 0.15) is 17.0 Å². The summed E-state index contributed by atoms with van der Waals surface area (Å²) in [6.45, 7) is 9.60. The number of phenols is 1. The van der Waals surface area contributed by atoms with Crippen molar-refractivity contribution < 1.29 is 32.6 Å². The van der Waals surface area contributed by atoms with Gasteiger partial charge in [0, 0.05) is 38.0 Å². The van der Waals surface area contributed by atoms with E-state index in [1.165, 1.54) is 16.8 Å². The van der Waals surface area contributed by atoms with Crippen LogP contribution in [0.1, 0.15) is 49.3 Å². The summed E-state index contributed by atoms with van der Waals surface area (Å²) < 4.78 is 46.3. The zero-order chi connectivity index (χ0) is 25.7. The first kappa shape index (κ1) is 24.6. The van der Waals surface area contributed by atoms with Crippen molar-refractivity contribution in [2.75, 3.05) is 19.6 Å². The van der Waals surface area contributed by atoms with Crippen LogP contribution >= 0.6 is 0 Å². The number of hydrogen-bond donors (Lipinski definition) is 1. The Morgan fingerprint density at radius 1 is 1.20 bits per heavy atom. The lowest BCUT2D eigenvalue weighted by Crippen LogP contribution is -2.47. The molecule has 1 atom stereocenters. The Morgan fingerprint density at radius 3 is 2.51 bits per heavy atom. The van der Waals surface area contributed by atoms with Crippen LogP contribution in [0.4, 0.5) is 18.0 Å². The molecule has 1 aromatic carbocycles. The average Bonchev–Trinajstić information content (AvgIpc) is 3.01. The third kappa shape index (κ3) is 4.71. The molecule has 1 unspecified atom stereocenters. The molecule has 0 bridgehead atoms. The molecule has 188 valence electrons. The molecule has 0 saturated heterocycles. The lowest BCUT2D eigenvalue weighted by Gasteiger charge is -2.38. The monoisotopic (exact) mass is 492 g/mol. The molecule has 0 fully saturated rings. The van der Waals surface area contributed by atoms with Gasteiger partial charge in [-0.25, -0.2) is 9.48 Å². The van der Waals surface area contributed by atoms with Crippen molar-refractivity contribution in [3.8, 4) is 11.4 Å². The topological polar surface area (TPSA) is 87.9 Å². The maximum atomic E-state index is 13.1. The third-order valence-corrected chi connectivity index (χ3v) is 6.05. The Kier molecular flexibility index (Phi) is 6.06. The molecule has 1 aromatic heterocycles. The van der Waals surface area contributed by atoms with Crippen LogP contribution in [-0.4, -0.2) is 61.9 Å². The van der Waals surface area contributed by atoms with E-state index < -0.39 is 35.2 Å². The Labute approximate surface area is 200 Å². The second-order valence-corrected chi connectivity index (χ2v) is 9.60. The fourth-order valence-electron chi connectivity index (χ4n) is 4.54. The van der Waals surface area contributed by atoms with Crippen LogP contribution in [0.5, 0.6) is 5.75 Å². The number of benzene rings is 1. The van der Waals surface area contributed by atoms with Crippen molar-refractivity contribution in [2.24, 2.45) is 0 Å². The van der Waals surface area contributed by atoms with Gasteiger partial charge in [0.25, 0.3) is 0 Å². The van der Waals surface area contributed by atoms with Crippen molar-refractivity contribution in [1.29, 1.82) is 0 Å². The maximum absolute atomic E-state index is 13.1. The standard InChI is InChI=1S/C24H27F3N4O4/c1-5-20(33)29-10-8-15-21-17(9-11-30(18(21)13-29)22(34)35-23(2,3)4)31(28-15)16-7-6-14(12-19(16)32)24(25,26)27/h5-7,12,18,32H,1,8-11,13H2,2-4H3. The van der Waals surface area contributed by atoms with Gasteiger partial charge in [0.15, 0.2) is 0 Å². The second-order valence-electron chi connectivity index (χ2n) is 9.60. The smallest absolute Gasteiger partial charge is 0.416 e. The highest BCUT2D eigenvalue weighted by atomic mass is 19.4. The van der Waals surface area contributed by atoms with Crippen LogP contribution in [-0.2, 0) is 28.5 Å². The summed E-state index contributed by atoms with van der Waals surface area (Å²) in [5, 5.41) is 15.0. The van der Waals surface area contributed by atoms with Crippen LogP contribution in [0, 0.1) is 0 Å². The van der Waals surface area contributed by atoms with E-state index in [9.17, 15) is 27.9 Å². The van der Waals surface area contributed by atoms with Crippen molar-refractivity contribution in [3.05, 3.63) is 53.4 Å². The highest BCUT2D eigenvalue weighted by molar-refractivity contribution is 5.87. The second kappa shape index (κ2) is 8.62. The van der Waals surface area contributed by atoms with Crippen LogP contribution in [0.15, 0.2) is 30.9 Å². The molecule has 11 heteroatoms. The van der Waals surface area contributed by atoms with Crippen LogP contribution in [0.25, 0.3) is 5.69 Å².